The van der Waals surface area contributed by atoms with Crippen molar-refractivity contribution in [2.24, 2.45) is 5.92 Å². The van der Waals surface area contributed by atoms with Crippen molar-refractivity contribution in [2.75, 3.05) is 19.6 Å². The zero-order valence-corrected chi connectivity index (χ0v) is 7.84. The molecular formula is C9H19NO. The third kappa shape index (κ3) is 6.05. The van der Waals surface area contributed by atoms with E-state index in [0.29, 0.717) is 12.5 Å². The molecule has 0 saturated heterocycles. The number of hydrogen-bond acceptors (Lipinski definition) is 2. The van der Waals surface area contributed by atoms with E-state index in [0.717, 1.165) is 25.8 Å². The summed E-state index contributed by atoms with van der Waals surface area (Å²) in [5.41, 5.74) is 0. The summed E-state index contributed by atoms with van der Waals surface area (Å²) in [4.78, 5) is 12.4. The monoisotopic (exact) mass is 157 g/mol. The summed E-state index contributed by atoms with van der Waals surface area (Å²) in [5.74, 6) is 0.654. The van der Waals surface area contributed by atoms with Gasteiger partial charge in [0.2, 0.25) is 0 Å². The maximum absolute atomic E-state index is 10.2. The second kappa shape index (κ2) is 6.35. The van der Waals surface area contributed by atoms with Gasteiger partial charge >= 0.3 is 0 Å². The molecule has 11 heavy (non-hydrogen) atoms. The van der Waals surface area contributed by atoms with E-state index in [1.807, 2.05) is 0 Å². The maximum atomic E-state index is 10.2. The van der Waals surface area contributed by atoms with E-state index in [9.17, 15) is 4.79 Å². The molecule has 0 aromatic heterocycles. The zero-order valence-electron chi connectivity index (χ0n) is 7.84. The van der Waals surface area contributed by atoms with Crippen LogP contribution in [-0.2, 0) is 4.79 Å². The Labute approximate surface area is 69.6 Å². The molecule has 0 aliphatic carbocycles. The van der Waals surface area contributed by atoms with Crippen LogP contribution in [0.3, 0.4) is 0 Å². The first-order valence-electron chi connectivity index (χ1n) is 4.36. The van der Waals surface area contributed by atoms with Crippen molar-refractivity contribution in [3.63, 3.8) is 0 Å². The Bertz CT molecular complexity index is 102. The Morgan fingerprint density at radius 3 is 2.45 bits per heavy atom. The van der Waals surface area contributed by atoms with Gasteiger partial charge in [0.25, 0.3) is 0 Å². The predicted octanol–water partition coefficient (Wildman–Crippen LogP) is 1.55. The van der Waals surface area contributed by atoms with Crippen molar-refractivity contribution in [3.8, 4) is 0 Å². The molecule has 0 aromatic rings. The molecule has 0 rings (SSSR count). The van der Waals surface area contributed by atoms with Gasteiger partial charge in [0.15, 0.2) is 0 Å². The largest absolute Gasteiger partial charge is 0.302 e. The van der Waals surface area contributed by atoms with E-state index in [1.165, 1.54) is 0 Å². The number of aldehydes is 1. The van der Waals surface area contributed by atoms with Gasteiger partial charge in [-0.15, -0.1) is 0 Å². The highest BCUT2D eigenvalue weighted by molar-refractivity contribution is 5.51. The summed E-state index contributed by atoms with van der Waals surface area (Å²) in [7, 11) is 0. The van der Waals surface area contributed by atoms with Gasteiger partial charge in [0.05, 0.1) is 6.54 Å². The van der Waals surface area contributed by atoms with Crippen LogP contribution in [0, 0.1) is 5.92 Å². The van der Waals surface area contributed by atoms with Gasteiger partial charge in [-0.3, -0.25) is 4.90 Å². The molecule has 66 valence electrons. The summed E-state index contributed by atoms with van der Waals surface area (Å²) >= 11 is 0. The lowest BCUT2D eigenvalue weighted by atomic mass is 10.2. The van der Waals surface area contributed by atoms with E-state index < -0.39 is 0 Å². The molecule has 0 aliphatic heterocycles. The van der Waals surface area contributed by atoms with Crippen molar-refractivity contribution in [1.82, 2.24) is 4.90 Å². The smallest absolute Gasteiger partial charge is 0.133 e. The van der Waals surface area contributed by atoms with Crippen LogP contribution in [0.4, 0.5) is 0 Å². The first kappa shape index (κ1) is 10.6. The van der Waals surface area contributed by atoms with E-state index in [1.54, 1.807) is 0 Å². The molecule has 0 aliphatic rings. The van der Waals surface area contributed by atoms with E-state index in [-0.39, 0.29) is 0 Å². The van der Waals surface area contributed by atoms with Crippen LogP contribution in [0.1, 0.15) is 27.2 Å². The normalized spacial score (nSPS) is 11.0. The second-order valence-corrected chi connectivity index (χ2v) is 3.32. The van der Waals surface area contributed by atoms with Crippen molar-refractivity contribution in [2.45, 2.75) is 27.2 Å². The van der Waals surface area contributed by atoms with Crippen LogP contribution in [0.5, 0.6) is 0 Å². The van der Waals surface area contributed by atoms with Crippen LogP contribution < -0.4 is 0 Å². The molecule has 0 fully saturated rings. The van der Waals surface area contributed by atoms with Gasteiger partial charge in [0.1, 0.15) is 6.29 Å². The Morgan fingerprint density at radius 2 is 2.09 bits per heavy atom. The fourth-order valence-electron chi connectivity index (χ4n) is 1.20. The second-order valence-electron chi connectivity index (χ2n) is 3.32. The molecule has 0 N–H and O–H groups in total. The highest BCUT2D eigenvalue weighted by Crippen LogP contribution is 1.98. The van der Waals surface area contributed by atoms with Crippen LogP contribution >= 0.6 is 0 Å². The molecule has 0 atom stereocenters. The fourth-order valence-corrected chi connectivity index (χ4v) is 1.20. The SMILES string of the molecule is CCCN(CC=O)CC(C)C. The minimum Gasteiger partial charge on any atom is -0.302 e. The molecule has 0 spiro atoms. The predicted molar refractivity (Wildman–Crippen MR) is 47.6 cm³/mol. The lowest BCUT2D eigenvalue weighted by Crippen LogP contribution is -2.30. The standard InChI is InChI=1S/C9H19NO/c1-4-5-10(6-7-11)8-9(2)3/h7,9H,4-6,8H2,1-3H3. The quantitative estimate of drug-likeness (QED) is 0.545. The molecule has 0 unspecified atom stereocenters. The topological polar surface area (TPSA) is 20.3 Å². The molecule has 0 amide bonds. The molecule has 0 aromatic carbocycles. The highest BCUT2D eigenvalue weighted by atomic mass is 16.1. The number of carbonyl (C=O) groups is 1. The molecule has 0 bridgehead atoms. The van der Waals surface area contributed by atoms with Gasteiger partial charge in [-0.25, -0.2) is 0 Å². The number of hydrogen-bond donors (Lipinski definition) is 0. The Morgan fingerprint density at radius 1 is 1.45 bits per heavy atom. The first-order chi connectivity index (χ1) is 5.20. The van der Waals surface area contributed by atoms with Gasteiger partial charge in [-0.2, -0.15) is 0 Å². The number of nitrogens with zero attached hydrogens (tertiary/aromatic N) is 1. The van der Waals surface area contributed by atoms with Gasteiger partial charge in [-0.05, 0) is 18.9 Å². The average Bonchev–Trinajstić information content (AvgIpc) is 1.87. The van der Waals surface area contributed by atoms with Crippen molar-refractivity contribution < 1.29 is 4.79 Å². The minimum absolute atomic E-state index is 0.589. The van der Waals surface area contributed by atoms with Crippen LogP contribution in [0.2, 0.25) is 0 Å². The summed E-state index contributed by atoms with van der Waals surface area (Å²) < 4.78 is 0. The van der Waals surface area contributed by atoms with Crippen LogP contribution in [0.25, 0.3) is 0 Å². The lowest BCUT2D eigenvalue weighted by Gasteiger charge is -2.20. The van der Waals surface area contributed by atoms with Crippen LogP contribution in [-0.4, -0.2) is 30.8 Å². The van der Waals surface area contributed by atoms with Crippen molar-refractivity contribution >= 4 is 6.29 Å². The summed E-state index contributed by atoms with van der Waals surface area (Å²) in [6, 6.07) is 0. The molecule has 2 nitrogen and oxygen atoms in total. The lowest BCUT2D eigenvalue weighted by molar-refractivity contribution is -0.108. The highest BCUT2D eigenvalue weighted by Gasteiger charge is 2.04. The maximum Gasteiger partial charge on any atom is 0.133 e. The number of carbonyl (C=O) groups excluding carboxylic acids is 1. The van der Waals surface area contributed by atoms with Gasteiger partial charge in [-0.1, -0.05) is 20.8 Å². The third-order valence-electron chi connectivity index (χ3n) is 1.50. The van der Waals surface area contributed by atoms with E-state index in [2.05, 4.69) is 25.7 Å². The molecule has 2 heteroatoms. The Kier molecular flexibility index (Phi) is 6.13. The van der Waals surface area contributed by atoms with Crippen LogP contribution in [0.15, 0.2) is 0 Å². The van der Waals surface area contributed by atoms with Gasteiger partial charge in [0, 0.05) is 6.54 Å². The van der Waals surface area contributed by atoms with E-state index in [4.69, 9.17) is 0 Å². The molecule has 0 radical (unpaired) electrons. The minimum atomic E-state index is 0.589. The average molecular weight is 157 g/mol. The fraction of sp³-hybridized carbons (Fsp3) is 0.889. The van der Waals surface area contributed by atoms with Gasteiger partial charge < -0.3 is 4.79 Å². The zero-order chi connectivity index (χ0) is 8.69. The van der Waals surface area contributed by atoms with E-state index >= 15 is 0 Å². The summed E-state index contributed by atoms with van der Waals surface area (Å²) in [5, 5.41) is 0. The molecule has 0 saturated carbocycles. The Balaban J connectivity index is 3.58. The molecule has 0 heterocycles. The summed E-state index contributed by atoms with van der Waals surface area (Å²) in [6.45, 7) is 9.15. The van der Waals surface area contributed by atoms with Crippen molar-refractivity contribution in [3.05, 3.63) is 0 Å². The third-order valence-corrected chi connectivity index (χ3v) is 1.50. The molecular weight excluding hydrogens is 138 g/mol. The van der Waals surface area contributed by atoms with Crippen molar-refractivity contribution in [1.29, 1.82) is 0 Å². The first-order valence-corrected chi connectivity index (χ1v) is 4.36. The summed E-state index contributed by atoms with van der Waals surface area (Å²) in [6.07, 6.45) is 2.11. The number of rotatable bonds is 6. The Hall–Kier alpha value is -0.370.